The fraction of sp³-hybridized carbons (Fsp3) is 0.579. The number of hydrogen-bond donors (Lipinski definition) is 7. The Kier molecular flexibility index (Phi) is 11.9. The maximum atomic E-state index is 12.8. The van der Waals surface area contributed by atoms with Crippen LogP contribution in [0.25, 0.3) is 0 Å². The van der Waals surface area contributed by atoms with Crippen molar-refractivity contribution in [2.75, 3.05) is 12.0 Å². The smallest absolute Gasteiger partial charge is 0.326 e. The molecule has 0 radical (unpaired) electrons. The standard InChI is InChI=1S/C19H30N6O7S/c1-10(23-17(29)12(20)3-4-15(26)27)16(28)25-14(7-11-8-21-9-22-11)18(30)24-13(19(31)32)5-6-33-2/h8-10,12-14H,3-7,20H2,1-2H3,(H,21,22)(H,23,29)(H,24,30)(H,25,28)(H,26,27)(H,31,32). The molecule has 13 nitrogen and oxygen atoms in total. The third kappa shape index (κ3) is 10.4. The number of hydrogen-bond acceptors (Lipinski definition) is 8. The van der Waals surface area contributed by atoms with E-state index in [9.17, 15) is 29.1 Å². The molecule has 0 spiro atoms. The Labute approximate surface area is 194 Å². The Morgan fingerprint density at radius 2 is 1.73 bits per heavy atom. The summed E-state index contributed by atoms with van der Waals surface area (Å²) in [6.45, 7) is 1.38. The monoisotopic (exact) mass is 486 g/mol. The number of carbonyl (C=O) groups excluding carboxylic acids is 3. The number of nitrogens with one attached hydrogen (secondary N) is 4. The molecular weight excluding hydrogens is 456 g/mol. The second-order valence-corrected chi connectivity index (χ2v) is 8.28. The second-order valence-electron chi connectivity index (χ2n) is 7.29. The van der Waals surface area contributed by atoms with Crippen molar-refractivity contribution in [3.63, 3.8) is 0 Å². The van der Waals surface area contributed by atoms with Crippen LogP contribution in [0.5, 0.6) is 0 Å². The van der Waals surface area contributed by atoms with Crippen molar-refractivity contribution in [2.45, 2.75) is 56.8 Å². The first-order valence-electron chi connectivity index (χ1n) is 10.1. The van der Waals surface area contributed by atoms with Crippen molar-refractivity contribution >= 4 is 41.4 Å². The highest BCUT2D eigenvalue weighted by atomic mass is 32.2. The molecule has 1 heterocycles. The number of nitrogens with two attached hydrogens (primary N) is 1. The lowest BCUT2D eigenvalue weighted by atomic mass is 10.1. The van der Waals surface area contributed by atoms with Crippen LogP contribution in [0.2, 0.25) is 0 Å². The Hall–Kier alpha value is -3.13. The number of carboxylic acid groups (broad SMARTS) is 2. The Balaban J connectivity index is 2.82. The number of aliphatic carboxylic acids is 2. The van der Waals surface area contributed by atoms with Gasteiger partial charge in [0, 0.05) is 24.7 Å². The maximum absolute atomic E-state index is 12.8. The van der Waals surface area contributed by atoms with Crippen molar-refractivity contribution < 1.29 is 34.2 Å². The topological polar surface area (TPSA) is 217 Å². The molecule has 3 amide bonds. The number of imidazole rings is 1. The SMILES string of the molecule is CSCCC(NC(=O)C(Cc1cnc[nH]1)NC(=O)C(C)NC(=O)C(N)CCC(=O)O)C(=O)O. The summed E-state index contributed by atoms with van der Waals surface area (Å²) in [5.74, 6) is -3.90. The molecule has 0 bridgehead atoms. The molecule has 0 aromatic carbocycles. The number of nitrogens with zero attached hydrogens (tertiary/aromatic N) is 1. The molecule has 0 aliphatic rings. The number of thioether (sulfide) groups is 1. The summed E-state index contributed by atoms with van der Waals surface area (Å²) in [5.41, 5.74) is 6.16. The predicted molar refractivity (Wildman–Crippen MR) is 119 cm³/mol. The quantitative estimate of drug-likeness (QED) is 0.151. The first-order valence-corrected chi connectivity index (χ1v) is 11.5. The highest BCUT2D eigenvalue weighted by Crippen LogP contribution is 2.05. The van der Waals surface area contributed by atoms with E-state index in [0.29, 0.717) is 11.4 Å². The van der Waals surface area contributed by atoms with Crippen molar-refractivity contribution in [1.29, 1.82) is 0 Å². The Morgan fingerprint density at radius 3 is 2.27 bits per heavy atom. The highest BCUT2D eigenvalue weighted by molar-refractivity contribution is 7.98. The number of carbonyl (C=O) groups is 5. The summed E-state index contributed by atoms with van der Waals surface area (Å²) >= 11 is 1.43. The molecule has 1 rings (SSSR count). The molecule has 0 saturated carbocycles. The Bertz CT molecular complexity index is 820. The number of carboxylic acids is 2. The highest BCUT2D eigenvalue weighted by Gasteiger charge is 2.29. The largest absolute Gasteiger partial charge is 0.481 e. The lowest BCUT2D eigenvalue weighted by molar-refractivity contribution is -0.142. The zero-order chi connectivity index (χ0) is 25.0. The van der Waals surface area contributed by atoms with Gasteiger partial charge in [-0.1, -0.05) is 0 Å². The van der Waals surface area contributed by atoms with Crippen LogP contribution in [0.4, 0.5) is 0 Å². The van der Waals surface area contributed by atoms with E-state index in [4.69, 9.17) is 10.8 Å². The van der Waals surface area contributed by atoms with Gasteiger partial charge in [-0.25, -0.2) is 9.78 Å². The van der Waals surface area contributed by atoms with Crippen molar-refractivity contribution in [3.05, 3.63) is 18.2 Å². The van der Waals surface area contributed by atoms with Crippen LogP contribution in [0.15, 0.2) is 12.5 Å². The molecular formula is C19H30N6O7S. The minimum absolute atomic E-state index is 0.00519. The van der Waals surface area contributed by atoms with Crippen molar-refractivity contribution in [2.24, 2.45) is 5.73 Å². The lowest BCUT2D eigenvalue weighted by Crippen LogP contribution is -2.57. The fourth-order valence-electron chi connectivity index (χ4n) is 2.68. The number of amides is 3. The van der Waals surface area contributed by atoms with Crippen LogP contribution >= 0.6 is 11.8 Å². The molecule has 33 heavy (non-hydrogen) atoms. The molecule has 4 unspecified atom stereocenters. The summed E-state index contributed by atoms with van der Waals surface area (Å²) in [6, 6.07) is -4.48. The number of aromatic nitrogens is 2. The average molecular weight is 487 g/mol. The van der Waals surface area contributed by atoms with Gasteiger partial charge in [-0.05, 0) is 31.8 Å². The summed E-state index contributed by atoms with van der Waals surface area (Å²) in [7, 11) is 0. The molecule has 0 aliphatic carbocycles. The van der Waals surface area contributed by atoms with E-state index in [-0.39, 0.29) is 25.7 Å². The van der Waals surface area contributed by atoms with Crippen molar-refractivity contribution in [3.8, 4) is 0 Å². The van der Waals surface area contributed by atoms with E-state index in [1.807, 2.05) is 6.26 Å². The van der Waals surface area contributed by atoms with Gasteiger partial charge in [-0.15, -0.1) is 0 Å². The van der Waals surface area contributed by atoms with E-state index < -0.39 is 53.8 Å². The summed E-state index contributed by atoms with van der Waals surface area (Å²) in [4.78, 5) is 66.3. The van der Waals surface area contributed by atoms with E-state index in [2.05, 4.69) is 25.9 Å². The minimum Gasteiger partial charge on any atom is -0.481 e. The van der Waals surface area contributed by atoms with Crippen molar-refractivity contribution in [1.82, 2.24) is 25.9 Å². The molecule has 4 atom stereocenters. The molecule has 0 saturated heterocycles. The van der Waals surface area contributed by atoms with Crippen LogP contribution in [0.1, 0.15) is 31.9 Å². The third-order valence-corrected chi connectivity index (χ3v) is 5.24. The molecule has 184 valence electrons. The second kappa shape index (κ2) is 14.1. The van der Waals surface area contributed by atoms with Gasteiger partial charge < -0.3 is 36.9 Å². The Morgan fingerprint density at radius 1 is 1.06 bits per heavy atom. The average Bonchev–Trinajstić information content (AvgIpc) is 3.26. The molecule has 14 heteroatoms. The van der Waals surface area contributed by atoms with Gasteiger partial charge in [0.1, 0.15) is 18.1 Å². The zero-order valence-corrected chi connectivity index (χ0v) is 19.2. The molecule has 0 aliphatic heterocycles. The van der Waals surface area contributed by atoms with Crippen LogP contribution in [0, 0.1) is 0 Å². The normalized spacial score (nSPS) is 14.4. The molecule has 0 fully saturated rings. The van der Waals surface area contributed by atoms with Gasteiger partial charge in [-0.2, -0.15) is 11.8 Å². The lowest BCUT2D eigenvalue weighted by Gasteiger charge is -2.23. The number of rotatable bonds is 15. The number of aromatic amines is 1. The van der Waals surface area contributed by atoms with Gasteiger partial charge in [0.2, 0.25) is 17.7 Å². The molecule has 1 aromatic heterocycles. The van der Waals surface area contributed by atoms with Gasteiger partial charge in [0.25, 0.3) is 0 Å². The van der Waals surface area contributed by atoms with E-state index in [0.717, 1.165) is 0 Å². The first-order chi connectivity index (χ1) is 15.5. The minimum atomic E-state index is -1.19. The third-order valence-electron chi connectivity index (χ3n) is 4.60. The first kappa shape index (κ1) is 27.9. The van der Waals surface area contributed by atoms with Crippen LogP contribution in [0.3, 0.4) is 0 Å². The van der Waals surface area contributed by atoms with Crippen LogP contribution < -0.4 is 21.7 Å². The summed E-state index contributed by atoms with van der Waals surface area (Å²) in [5, 5.41) is 25.4. The zero-order valence-electron chi connectivity index (χ0n) is 18.4. The predicted octanol–water partition coefficient (Wildman–Crippen LogP) is -1.54. The summed E-state index contributed by atoms with van der Waals surface area (Å²) < 4.78 is 0. The van der Waals surface area contributed by atoms with E-state index in [1.165, 1.54) is 31.2 Å². The molecule has 1 aromatic rings. The van der Waals surface area contributed by atoms with Gasteiger partial charge >= 0.3 is 11.9 Å². The van der Waals surface area contributed by atoms with Gasteiger partial charge in [0.05, 0.1) is 12.4 Å². The van der Waals surface area contributed by atoms with Gasteiger partial charge in [0.15, 0.2) is 0 Å². The molecule has 8 N–H and O–H groups in total. The van der Waals surface area contributed by atoms with E-state index in [1.54, 1.807) is 0 Å². The van der Waals surface area contributed by atoms with Gasteiger partial charge in [-0.3, -0.25) is 19.2 Å². The van der Waals surface area contributed by atoms with E-state index >= 15 is 0 Å². The summed E-state index contributed by atoms with van der Waals surface area (Å²) in [6.07, 6.45) is 4.47. The van der Waals surface area contributed by atoms with Crippen LogP contribution in [-0.4, -0.2) is 86.0 Å². The number of H-pyrrole nitrogens is 1. The van der Waals surface area contributed by atoms with Crippen LogP contribution in [-0.2, 0) is 30.4 Å². The fourth-order valence-corrected chi connectivity index (χ4v) is 3.16. The maximum Gasteiger partial charge on any atom is 0.326 e.